The van der Waals surface area contributed by atoms with Crippen LogP contribution in [-0.2, 0) is 20.1 Å². The number of para-hydroxylation sites is 2. The molecule has 7 nitrogen and oxygen atoms in total. The summed E-state index contributed by atoms with van der Waals surface area (Å²) in [6.07, 6.45) is 6.52. The summed E-state index contributed by atoms with van der Waals surface area (Å²) in [5.41, 5.74) is 5.20. The van der Waals surface area contributed by atoms with Crippen molar-refractivity contribution in [3.05, 3.63) is 107 Å². The van der Waals surface area contributed by atoms with Crippen LogP contribution >= 0.6 is 12.4 Å². The molecule has 3 aromatic carbocycles. The smallest absolute Gasteiger partial charge is 0.348 e. The number of likely N-dealkylation sites (tertiary alicyclic amines) is 1. The largest absolute Gasteiger partial charge is 0.350 e. The Hall–Kier alpha value is -4.07. The van der Waals surface area contributed by atoms with E-state index in [9.17, 15) is 4.79 Å². The number of hydrogen-bond acceptors (Lipinski definition) is 3. The van der Waals surface area contributed by atoms with Gasteiger partial charge in [-0.1, -0.05) is 66.7 Å². The third-order valence-corrected chi connectivity index (χ3v) is 8.22. The van der Waals surface area contributed by atoms with Gasteiger partial charge in [0, 0.05) is 60.9 Å². The van der Waals surface area contributed by atoms with E-state index in [0.29, 0.717) is 11.7 Å². The lowest BCUT2D eigenvalue weighted by molar-refractivity contribution is 0.311. The highest BCUT2D eigenvalue weighted by atomic mass is 35.5. The number of benzene rings is 3. The maximum Gasteiger partial charge on any atom is 0.348 e. The summed E-state index contributed by atoms with van der Waals surface area (Å²) >= 11 is 0. The Morgan fingerprint density at radius 2 is 1.62 bits per heavy atom. The van der Waals surface area contributed by atoms with E-state index in [4.69, 9.17) is 0 Å². The van der Waals surface area contributed by atoms with Crippen LogP contribution in [0.4, 0.5) is 0 Å². The Labute approximate surface area is 239 Å². The van der Waals surface area contributed by atoms with Crippen molar-refractivity contribution in [3.8, 4) is 17.1 Å². The lowest BCUT2D eigenvalue weighted by atomic mass is 10.1. The quantitative estimate of drug-likeness (QED) is 0.264. The summed E-state index contributed by atoms with van der Waals surface area (Å²) in [5.74, 6) is 1.30. The summed E-state index contributed by atoms with van der Waals surface area (Å²) in [4.78, 5) is 15.8. The molecule has 0 bridgehead atoms. The minimum Gasteiger partial charge on any atom is -0.350 e. The summed E-state index contributed by atoms with van der Waals surface area (Å²) in [6.45, 7) is 4.22. The van der Waals surface area contributed by atoms with E-state index in [1.807, 2.05) is 25.2 Å². The number of fused-ring (bicyclic) bond motifs is 2. The van der Waals surface area contributed by atoms with Crippen molar-refractivity contribution in [1.82, 2.24) is 28.8 Å². The second-order valence-electron chi connectivity index (χ2n) is 10.7. The minimum atomic E-state index is -0.229. The average Bonchev–Trinajstić information content (AvgIpc) is 3.73. The van der Waals surface area contributed by atoms with Crippen LogP contribution in [0.15, 0.2) is 96.1 Å². The number of nitrogens with one attached hydrogen (secondary N) is 1. The molecule has 1 aliphatic rings. The van der Waals surface area contributed by atoms with Crippen molar-refractivity contribution in [2.45, 2.75) is 25.9 Å². The maximum atomic E-state index is 13.2. The molecule has 1 atom stereocenters. The van der Waals surface area contributed by atoms with Gasteiger partial charge in [0.15, 0.2) is 5.82 Å². The van der Waals surface area contributed by atoms with E-state index in [1.165, 1.54) is 12.0 Å². The number of rotatable bonds is 7. The number of H-pyrrole nitrogens is 1. The van der Waals surface area contributed by atoms with Crippen LogP contribution < -0.4 is 5.69 Å². The van der Waals surface area contributed by atoms with E-state index >= 15 is 0 Å². The highest BCUT2D eigenvalue weighted by molar-refractivity contribution is 5.96. The molecule has 1 fully saturated rings. The molecule has 1 aliphatic heterocycles. The van der Waals surface area contributed by atoms with Crippen molar-refractivity contribution < 1.29 is 0 Å². The first-order chi connectivity index (χ1) is 19.2. The Morgan fingerprint density at radius 3 is 2.45 bits per heavy atom. The molecule has 6 aromatic rings. The zero-order valence-electron chi connectivity index (χ0n) is 22.5. The number of aryl methyl sites for hydroxylation is 2. The molecule has 1 unspecified atom stereocenters. The maximum absolute atomic E-state index is 13.2. The summed E-state index contributed by atoms with van der Waals surface area (Å²) in [6, 6.07) is 27.3. The van der Waals surface area contributed by atoms with Crippen LogP contribution in [0.2, 0.25) is 0 Å². The first-order valence-corrected chi connectivity index (χ1v) is 13.7. The van der Waals surface area contributed by atoms with Crippen molar-refractivity contribution in [3.63, 3.8) is 0 Å². The van der Waals surface area contributed by atoms with Crippen LogP contribution in [0.3, 0.4) is 0 Å². The third kappa shape index (κ3) is 4.65. The SMILES string of the molecule is Cl.Cn1cc(-c2n[nH]c(=O)n2-c2cn(CCC3CCN(Cc4ccccc4)C3)c3ccccc23)c2ccccc21. The molecule has 0 radical (unpaired) electrons. The topological polar surface area (TPSA) is 63.8 Å². The first kappa shape index (κ1) is 26.2. The lowest BCUT2D eigenvalue weighted by Gasteiger charge is -2.16. The second kappa shape index (κ2) is 10.8. The molecule has 1 N–H and O–H groups in total. The van der Waals surface area contributed by atoms with E-state index < -0.39 is 0 Å². The van der Waals surface area contributed by atoms with Crippen molar-refractivity contribution in [2.24, 2.45) is 13.0 Å². The zero-order chi connectivity index (χ0) is 26.3. The average molecular weight is 553 g/mol. The zero-order valence-corrected chi connectivity index (χ0v) is 23.3. The third-order valence-electron chi connectivity index (χ3n) is 8.22. The van der Waals surface area contributed by atoms with Crippen LogP contribution in [-0.4, -0.2) is 41.9 Å². The highest BCUT2D eigenvalue weighted by Crippen LogP contribution is 2.32. The minimum absolute atomic E-state index is 0. The molecule has 1 saturated heterocycles. The van der Waals surface area contributed by atoms with Gasteiger partial charge in [0.1, 0.15) is 0 Å². The fourth-order valence-electron chi connectivity index (χ4n) is 6.27. The van der Waals surface area contributed by atoms with Gasteiger partial charge in [-0.25, -0.2) is 14.5 Å². The van der Waals surface area contributed by atoms with E-state index in [2.05, 4.69) is 97.3 Å². The van der Waals surface area contributed by atoms with E-state index in [0.717, 1.165) is 65.7 Å². The number of nitrogens with zero attached hydrogens (tertiary/aromatic N) is 5. The molecule has 4 heterocycles. The van der Waals surface area contributed by atoms with Crippen LogP contribution in [0.25, 0.3) is 38.9 Å². The lowest BCUT2D eigenvalue weighted by Crippen LogP contribution is -2.20. The standard InChI is InChI=1S/C32H32N6O.ClH/c1-35-21-27(25-11-5-7-13-28(25)35)31-33-34-32(39)38(31)30-22-37(29-14-8-6-12-26(29)30)18-16-24-15-17-36(20-24)19-23-9-3-2-4-10-23;/h2-14,21-22,24H,15-20H2,1H3,(H,34,39);1H. The number of aromatic nitrogens is 5. The predicted octanol–water partition coefficient (Wildman–Crippen LogP) is 6.01. The molecular weight excluding hydrogens is 520 g/mol. The monoisotopic (exact) mass is 552 g/mol. The van der Waals surface area contributed by atoms with Gasteiger partial charge in [0.25, 0.3) is 0 Å². The Kier molecular flexibility index (Phi) is 7.09. The second-order valence-corrected chi connectivity index (χ2v) is 10.7. The normalized spacial score (nSPS) is 15.7. The molecule has 8 heteroatoms. The van der Waals surface area contributed by atoms with Gasteiger partial charge >= 0.3 is 5.69 Å². The van der Waals surface area contributed by atoms with E-state index in [-0.39, 0.29) is 18.1 Å². The van der Waals surface area contributed by atoms with E-state index in [1.54, 1.807) is 4.57 Å². The van der Waals surface area contributed by atoms with Crippen LogP contribution in [0, 0.1) is 5.92 Å². The van der Waals surface area contributed by atoms with Crippen LogP contribution in [0.5, 0.6) is 0 Å². The molecule has 7 rings (SSSR count). The molecule has 0 aliphatic carbocycles. The predicted molar refractivity (Wildman–Crippen MR) is 163 cm³/mol. The Bertz CT molecular complexity index is 1830. The molecule has 3 aromatic heterocycles. The van der Waals surface area contributed by atoms with Gasteiger partial charge < -0.3 is 9.13 Å². The Morgan fingerprint density at radius 1 is 0.900 bits per heavy atom. The van der Waals surface area contributed by atoms with Crippen molar-refractivity contribution >= 4 is 34.2 Å². The highest BCUT2D eigenvalue weighted by Gasteiger charge is 2.24. The van der Waals surface area contributed by atoms with Gasteiger partial charge in [0.2, 0.25) is 0 Å². The molecule has 0 spiro atoms. The summed E-state index contributed by atoms with van der Waals surface area (Å²) < 4.78 is 6.13. The fourth-order valence-corrected chi connectivity index (χ4v) is 6.27. The molecule has 0 saturated carbocycles. The molecule has 0 amide bonds. The van der Waals surface area contributed by atoms with Gasteiger partial charge in [-0.2, -0.15) is 5.10 Å². The van der Waals surface area contributed by atoms with Gasteiger partial charge in [-0.3, -0.25) is 4.90 Å². The summed E-state index contributed by atoms with van der Waals surface area (Å²) in [7, 11) is 2.02. The Balaban J connectivity index is 0.00000289. The van der Waals surface area contributed by atoms with Crippen molar-refractivity contribution in [2.75, 3.05) is 13.1 Å². The van der Waals surface area contributed by atoms with Crippen molar-refractivity contribution in [1.29, 1.82) is 0 Å². The van der Waals surface area contributed by atoms with Gasteiger partial charge in [-0.15, -0.1) is 12.4 Å². The molecular formula is C32H33ClN6O. The molecule has 204 valence electrons. The van der Waals surface area contributed by atoms with Gasteiger partial charge in [-0.05, 0) is 43.0 Å². The number of hydrogen-bond donors (Lipinski definition) is 1. The van der Waals surface area contributed by atoms with Gasteiger partial charge in [0.05, 0.1) is 11.2 Å². The van der Waals surface area contributed by atoms with Crippen LogP contribution in [0.1, 0.15) is 18.4 Å². The first-order valence-electron chi connectivity index (χ1n) is 13.7. The fraction of sp³-hybridized carbons (Fsp3) is 0.250. The summed E-state index contributed by atoms with van der Waals surface area (Å²) in [5, 5.41) is 9.34. The number of aromatic amines is 1. The molecule has 40 heavy (non-hydrogen) atoms. The number of halogens is 1.